The van der Waals surface area contributed by atoms with E-state index in [0.717, 1.165) is 0 Å². The van der Waals surface area contributed by atoms with Crippen LogP contribution in [0.5, 0.6) is 0 Å². The molecule has 0 saturated carbocycles. The Morgan fingerprint density at radius 1 is 1.36 bits per heavy atom. The fourth-order valence-electron chi connectivity index (χ4n) is 2.60. The van der Waals surface area contributed by atoms with E-state index in [-0.39, 0.29) is 5.57 Å². The maximum absolute atomic E-state index is 11.2. The molecule has 10 nitrogen and oxygen atoms in total. The van der Waals surface area contributed by atoms with Crippen molar-refractivity contribution >= 4 is 35.1 Å². The highest BCUT2D eigenvalue weighted by atomic mass is 16.4. The molecular weight excluding hydrogens is 326 g/mol. The molecule has 10 heteroatoms. The van der Waals surface area contributed by atoms with Crippen molar-refractivity contribution in [3.8, 4) is 6.07 Å². The van der Waals surface area contributed by atoms with Gasteiger partial charge in [-0.15, -0.1) is 0 Å². The Kier molecular flexibility index (Phi) is 4.21. The second-order valence-corrected chi connectivity index (χ2v) is 5.46. The number of primary amides is 1. The number of carbonyl (C=O) groups is 2. The molecule has 1 saturated heterocycles. The van der Waals surface area contributed by atoms with E-state index in [0.29, 0.717) is 48.7 Å². The normalized spacial score (nSPS) is 15.2. The number of anilines is 1. The minimum absolute atomic E-state index is 0.178. The molecule has 2 amide bonds. The van der Waals surface area contributed by atoms with Crippen molar-refractivity contribution in [1.29, 1.82) is 5.26 Å². The molecular formula is C15H15N7O3. The molecule has 3 heterocycles. The Bertz CT molecular complexity index is 903. The van der Waals surface area contributed by atoms with Crippen LogP contribution in [0.15, 0.2) is 18.0 Å². The quantitative estimate of drug-likeness (QED) is 0.530. The molecule has 1 aliphatic rings. The van der Waals surface area contributed by atoms with Crippen molar-refractivity contribution in [3.05, 3.63) is 23.5 Å². The van der Waals surface area contributed by atoms with Gasteiger partial charge in [0, 0.05) is 37.9 Å². The number of nitriles is 1. The topological polar surface area (TPSA) is 152 Å². The van der Waals surface area contributed by atoms with Gasteiger partial charge in [0.05, 0.1) is 6.20 Å². The third kappa shape index (κ3) is 3.20. The smallest absolute Gasteiger partial charge is 0.407 e. The molecule has 0 radical (unpaired) electrons. The zero-order valence-electron chi connectivity index (χ0n) is 13.1. The van der Waals surface area contributed by atoms with E-state index < -0.39 is 12.0 Å². The summed E-state index contributed by atoms with van der Waals surface area (Å²) in [5.41, 5.74) is 6.53. The van der Waals surface area contributed by atoms with Gasteiger partial charge in [0.2, 0.25) is 0 Å². The Morgan fingerprint density at radius 2 is 2.08 bits per heavy atom. The standard InChI is InChI=1S/C15H15N7O3/c16-6-9(13(17)23)5-10-7-18-14-12(10)20-11(8-19-14)21-1-3-22(4-2-21)15(24)25/h5,7-8H,1-4H2,(H2,17,23)(H,18,19)(H,24,25)/b9-5-. The minimum Gasteiger partial charge on any atom is -0.465 e. The van der Waals surface area contributed by atoms with Gasteiger partial charge in [0.1, 0.15) is 23.0 Å². The summed E-state index contributed by atoms with van der Waals surface area (Å²) < 4.78 is 0. The number of hydrogen-bond acceptors (Lipinski definition) is 6. The van der Waals surface area contributed by atoms with E-state index in [1.54, 1.807) is 18.5 Å². The number of aromatic nitrogens is 3. The lowest BCUT2D eigenvalue weighted by atomic mass is 10.2. The van der Waals surface area contributed by atoms with Crippen LogP contribution in [0.3, 0.4) is 0 Å². The van der Waals surface area contributed by atoms with E-state index in [1.807, 2.05) is 4.90 Å². The average Bonchev–Trinajstić information content (AvgIpc) is 3.01. The van der Waals surface area contributed by atoms with Gasteiger partial charge in [-0.2, -0.15) is 5.26 Å². The fourth-order valence-corrected chi connectivity index (χ4v) is 2.60. The van der Waals surface area contributed by atoms with Crippen LogP contribution < -0.4 is 10.6 Å². The van der Waals surface area contributed by atoms with Crippen LogP contribution in [0.4, 0.5) is 10.6 Å². The van der Waals surface area contributed by atoms with Crippen LogP contribution in [0.2, 0.25) is 0 Å². The summed E-state index contributed by atoms with van der Waals surface area (Å²) in [5, 5.41) is 18.0. The van der Waals surface area contributed by atoms with Crippen molar-refractivity contribution < 1.29 is 14.7 Å². The number of nitrogens with two attached hydrogens (primary N) is 1. The number of amides is 2. The van der Waals surface area contributed by atoms with Gasteiger partial charge < -0.3 is 25.6 Å². The van der Waals surface area contributed by atoms with E-state index in [4.69, 9.17) is 16.1 Å². The molecule has 0 bridgehead atoms. The van der Waals surface area contributed by atoms with Crippen LogP contribution >= 0.6 is 0 Å². The highest BCUT2D eigenvalue weighted by molar-refractivity contribution is 6.02. The molecule has 0 aromatic carbocycles. The first-order valence-electron chi connectivity index (χ1n) is 7.48. The van der Waals surface area contributed by atoms with Crippen molar-refractivity contribution in [2.24, 2.45) is 5.73 Å². The van der Waals surface area contributed by atoms with Gasteiger partial charge >= 0.3 is 6.09 Å². The number of hydrogen-bond donors (Lipinski definition) is 3. The Hall–Kier alpha value is -3.61. The van der Waals surface area contributed by atoms with Crippen LogP contribution in [0, 0.1) is 11.3 Å². The predicted molar refractivity (Wildman–Crippen MR) is 88.5 cm³/mol. The number of piperazine rings is 1. The summed E-state index contributed by atoms with van der Waals surface area (Å²) in [7, 11) is 0. The lowest BCUT2D eigenvalue weighted by Crippen LogP contribution is -2.48. The lowest BCUT2D eigenvalue weighted by Gasteiger charge is -2.33. The minimum atomic E-state index is -0.935. The number of fused-ring (bicyclic) bond motifs is 1. The Labute approximate surface area is 142 Å². The van der Waals surface area contributed by atoms with Gasteiger partial charge in [-0.1, -0.05) is 0 Å². The van der Waals surface area contributed by atoms with Crippen LogP contribution in [-0.4, -0.2) is 63.1 Å². The molecule has 1 fully saturated rings. The van der Waals surface area contributed by atoms with E-state index in [1.165, 1.54) is 11.0 Å². The first kappa shape index (κ1) is 16.3. The van der Waals surface area contributed by atoms with Crippen molar-refractivity contribution in [1.82, 2.24) is 19.9 Å². The summed E-state index contributed by atoms with van der Waals surface area (Å²) in [4.78, 5) is 37.2. The maximum Gasteiger partial charge on any atom is 0.407 e. The fraction of sp³-hybridized carbons (Fsp3) is 0.267. The Balaban J connectivity index is 1.90. The van der Waals surface area contributed by atoms with Crippen molar-refractivity contribution in [2.75, 3.05) is 31.1 Å². The highest BCUT2D eigenvalue weighted by Crippen LogP contribution is 2.21. The molecule has 1 aliphatic heterocycles. The largest absolute Gasteiger partial charge is 0.465 e. The molecule has 0 spiro atoms. The highest BCUT2D eigenvalue weighted by Gasteiger charge is 2.22. The van der Waals surface area contributed by atoms with Gasteiger partial charge in [-0.05, 0) is 6.08 Å². The summed E-state index contributed by atoms with van der Waals surface area (Å²) in [6, 6.07) is 1.75. The zero-order valence-corrected chi connectivity index (χ0v) is 13.1. The monoisotopic (exact) mass is 341 g/mol. The first-order chi connectivity index (χ1) is 12.0. The summed E-state index contributed by atoms with van der Waals surface area (Å²) >= 11 is 0. The van der Waals surface area contributed by atoms with Crippen molar-refractivity contribution in [3.63, 3.8) is 0 Å². The van der Waals surface area contributed by atoms with E-state index in [2.05, 4.69) is 15.0 Å². The SMILES string of the molecule is N#C/C(=C/c1c[nH]c2ncc(N3CCN(C(=O)O)CC3)nc12)C(N)=O. The van der Waals surface area contributed by atoms with E-state index in [9.17, 15) is 9.59 Å². The Morgan fingerprint density at radius 3 is 2.68 bits per heavy atom. The molecule has 4 N–H and O–H groups in total. The van der Waals surface area contributed by atoms with Crippen LogP contribution in [0.25, 0.3) is 17.2 Å². The molecule has 0 atom stereocenters. The van der Waals surface area contributed by atoms with E-state index >= 15 is 0 Å². The average molecular weight is 341 g/mol. The van der Waals surface area contributed by atoms with Crippen molar-refractivity contribution in [2.45, 2.75) is 0 Å². The third-order valence-electron chi connectivity index (χ3n) is 3.96. The molecule has 128 valence electrons. The molecule has 2 aromatic rings. The van der Waals surface area contributed by atoms with Gasteiger partial charge in [0.15, 0.2) is 5.65 Å². The molecule has 0 unspecified atom stereocenters. The number of rotatable bonds is 3. The van der Waals surface area contributed by atoms with Gasteiger partial charge in [0.25, 0.3) is 5.91 Å². The number of nitrogens with zero attached hydrogens (tertiary/aromatic N) is 5. The lowest BCUT2D eigenvalue weighted by molar-refractivity contribution is -0.114. The molecule has 25 heavy (non-hydrogen) atoms. The second-order valence-electron chi connectivity index (χ2n) is 5.46. The zero-order chi connectivity index (χ0) is 18.0. The number of aromatic amines is 1. The number of carboxylic acid groups (broad SMARTS) is 1. The van der Waals surface area contributed by atoms with Gasteiger partial charge in [-0.25, -0.2) is 14.8 Å². The number of nitrogens with one attached hydrogen (secondary N) is 1. The van der Waals surface area contributed by atoms with Crippen LogP contribution in [-0.2, 0) is 4.79 Å². The molecule has 2 aromatic heterocycles. The predicted octanol–water partition coefficient (Wildman–Crippen LogP) is 0.150. The molecule has 3 rings (SSSR count). The molecule has 0 aliphatic carbocycles. The first-order valence-corrected chi connectivity index (χ1v) is 7.48. The van der Waals surface area contributed by atoms with Gasteiger partial charge in [-0.3, -0.25) is 4.79 Å². The third-order valence-corrected chi connectivity index (χ3v) is 3.96. The summed E-state index contributed by atoms with van der Waals surface area (Å²) in [6.07, 6.45) is 3.62. The van der Waals surface area contributed by atoms with Crippen LogP contribution in [0.1, 0.15) is 5.56 Å². The number of carbonyl (C=O) groups excluding carboxylic acids is 1. The number of H-pyrrole nitrogens is 1. The maximum atomic E-state index is 11.2. The summed E-state index contributed by atoms with van der Waals surface area (Å²) in [5.74, 6) is -0.213. The second kappa shape index (κ2) is 6.48. The summed E-state index contributed by atoms with van der Waals surface area (Å²) in [6.45, 7) is 1.78.